The lowest BCUT2D eigenvalue weighted by Crippen LogP contribution is -2.51. The predicted molar refractivity (Wildman–Crippen MR) is 79.5 cm³/mol. The van der Waals surface area contributed by atoms with Gasteiger partial charge in [0, 0.05) is 18.5 Å². The number of hydrogen-bond donors (Lipinski definition) is 1. The van der Waals surface area contributed by atoms with E-state index in [4.69, 9.17) is 21.1 Å². The molecular formula is C13H19ClN2O3S. The zero-order chi connectivity index (χ0) is 14.5. The van der Waals surface area contributed by atoms with Crippen molar-refractivity contribution < 1.29 is 14.3 Å². The summed E-state index contributed by atoms with van der Waals surface area (Å²) in [7, 11) is 1.63. The molecule has 0 bridgehead atoms. The second-order valence-corrected chi connectivity index (χ2v) is 6.45. The molecule has 1 fully saturated rings. The second-order valence-electron chi connectivity index (χ2n) is 4.71. The highest BCUT2D eigenvalue weighted by atomic mass is 35.5. The minimum atomic E-state index is -0.0774. The number of amides is 2. The summed E-state index contributed by atoms with van der Waals surface area (Å²) in [5, 5.41) is 2.98. The van der Waals surface area contributed by atoms with Crippen LogP contribution in [0.4, 0.5) is 4.79 Å². The lowest BCUT2D eigenvalue weighted by atomic mass is 10.2. The number of nitrogens with one attached hydrogen (secondary N) is 1. The molecule has 1 aliphatic rings. The maximum absolute atomic E-state index is 12.2. The molecule has 1 N–H and O–H groups in total. The van der Waals surface area contributed by atoms with Crippen LogP contribution in [0.25, 0.3) is 0 Å². The molecule has 2 rings (SSSR count). The van der Waals surface area contributed by atoms with Crippen LogP contribution in [0, 0.1) is 0 Å². The maximum atomic E-state index is 12.2. The van der Waals surface area contributed by atoms with Crippen molar-refractivity contribution in [1.29, 1.82) is 0 Å². The molecule has 20 heavy (non-hydrogen) atoms. The number of hydrogen-bond acceptors (Lipinski definition) is 4. The Balaban J connectivity index is 1.87. The van der Waals surface area contributed by atoms with E-state index in [2.05, 4.69) is 5.32 Å². The first-order valence-electron chi connectivity index (χ1n) is 6.51. The van der Waals surface area contributed by atoms with Crippen molar-refractivity contribution in [2.75, 3.05) is 33.4 Å². The van der Waals surface area contributed by atoms with E-state index >= 15 is 0 Å². The van der Waals surface area contributed by atoms with Crippen LogP contribution in [-0.2, 0) is 9.47 Å². The van der Waals surface area contributed by atoms with Crippen LogP contribution in [0.5, 0.6) is 0 Å². The largest absolute Gasteiger partial charge is 0.382 e. The molecule has 1 aromatic rings. The number of thiophene rings is 1. The van der Waals surface area contributed by atoms with Gasteiger partial charge in [0.05, 0.1) is 36.2 Å². The smallest absolute Gasteiger partial charge is 0.318 e. The quantitative estimate of drug-likeness (QED) is 0.928. The van der Waals surface area contributed by atoms with Gasteiger partial charge in [0.1, 0.15) is 0 Å². The first-order chi connectivity index (χ1) is 9.60. The van der Waals surface area contributed by atoms with Crippen molar-refractivity contribution >= 4 is 29.0 Å². The van der Waals surface area contributed by atoms with E-state index in [-0.39, 0.29) is 18.2 Å². The third kappa shape index (κ3) is 4.09. The summed E-state index contributed by atoms with van der Waals surface area (Å²) in [6, 6.07) is 3.65. The molecule has 7 heteroatoms. The first-order valence-corrected chi connectivity index (χ1v) is 7.71. The van der Waals surface area contributed by atoms with Crippen molar-refractivity contribution in [3.63, 3.8) is 0 Å². The van der Waals surface area contributed by atoms with Gasteiger partial charge < -0.3 is 19.7 Å². The molecule has 0 aliphatic carbocycles. The molecule has 5 nitrogen and oxygen atoms in total. The van der Waals surface area contributed by atoms with Crippen LogP contribution in [0.2, 0.25) is 4.34 Å². The van der Waals surface area contributed by atoms with Crippen LogP contribution in [0.3, 0.4) is 0 Å². The molecule has 1 saturated heterocycles. The SMILES string of the molecule is COC[C@H]1CN(C(=O)N[C@H](C)c2ccc(Cl)s2)CCO1. The fourth-order valence-electron chi connectivity index (χ4n) is 2.10. The molecule has 0 unspecified atom stereocenters. The minimum absolute atomic E-state index is 0.0500. The average Bonchev–Trinajstić information content (AvgIpc) is 2.86. The summed E-state index contributed by atoms with van der Waals surface area (Å²) < 4.78 is 11.3. The van der Waals surface area contributed by atoms with Gasteiger partial charge in [-0.2, -0.15) is 0 Å². The molecule has 1 aliphatic heterocycles. The fraction of sp³-hybridized carbons (Fsp3) is 0.615. The highest BCUT2D eigenvalue weighted by Crippen LogP contribution is 2.26. The highest BCUT2D eigenvalue weighted by Gasteiger charge is 2.25. The Kier molecular flexibility index (Phi) is 5.65. The van der Waals surface area contributed by atoms with Crippen molar-refractivity contribution in [2.24, 2.45) is 0 Å². The van der Waals surface area contributed by atoms with Crippen LogP contribution in [-0.4, -0.2) is 50.4 Å². The summed E-state index contributed by atoms with van der Waals surface area (Å²) in [4.78, 5) is 15.0. The Morgan fingerprint density at radius 1 is 1.70 bits per heavy atom. The minimum Gasteiger partial charge on any atom is -0.382 e. The number of urea groups is 1. The second kappa shape index (κ2) is 7.26. The number of ether oxygens (including phenoxy) is 2. The van der Waals surface area contributed by atoms with Crippen LogP contribution < -0.4 is 5.32 Å². The number of carbonyl (C=O) groups excluding carboxylic acids is 1. The molecule has 2 atom stereocenters. The van der Waals surface area contributed by atoms with Crippen LogP contribution >= 0.6 is 22.9 Å². The number of methoxy groups -OCH3 is 1. The summed E-state index contributed by atoms with van der Waals surface area (Å²) in [5.74, 6) is 0. The van der Waals surface area contributed by atoms with Crippen LogP contribution in [0.15, 0.2) is 12.1 Å². The standard InChI is InChI=1S/C13H19ClN2O3S/c1-9(11-3-4-12(14)20-11)15-13(17)16-5-6-19-10(7-16)8-18-2/h3-4,9-10H,5-8H2,1-2H3,(H,15,17)/t9-,10-/m1/s1. The van der Waals surface area contributed by atoms with E-state index in [1.54, 1.807) is 12.0 Å². The third-order valence-corrected chi connectivity index (χ3v) is 4.55. The number of halogens is 1. The molecule has 2 amide bonds. The Morgan fingerprint density at radius 2 is 2.50 bits per heavy atom. The number of nitrogens with zero attached hydrogens (tertiary/aromatic N) is 1. The Hall–Kier alpha value is -0.820. The summed E-state index contributed by atoms with van der Waals surface area (Å²) in [6.45, 7) is 4.15. The van der Waals surface area contributed by atoms with Crippen molar-refractivity contribution in [3.05, 3.63) is 21.3 Å². The van der Waals surface area contributed by atoms with E-state index < -0.39 is 0 Å². The molecular weight excluding hydrogens is 300 g/mol. The van der Waals surface area contributed by atoms with E-state index in [1.165, 1.54) is 11.3 Å². The fourth-order valence-corrected chi connectivity index (χ4v) is 3.16. The zero-order valence-electron chi connectivity index (χ0n) is 11.6. The van der Waals surface area contributed by atoms with Gasteiger partial charge in [0.2, 0.25) is 0 Å². The van der Waals surface area contributed by atoms with Crippen molar-refractivity contribution in [2.45, 2.75) is 19.1 Å². The predicted octanol–water partition coefficient (Wildman–Crippen LogP) is 2.52. The van der Waals surface area contributed by atoms with Gasteiger partial charge in [0.25, 0.3) is 0 Å². The lowest BCUT2D eigenvalue weighted by molar-refractivity contribution is -0.0496. The molecule has 0 aromatic carbocycles. The molecule has 0 radical (unpaired) electrons. The van der Waals surface area contributed by atoms with E-state index in [0.717, 1.165) is 9.21 Å². The third-order valence-electron chi connectivity index (χ3n) is 3.14. The summed E-state index contributed by atoms with van der Waals surface area (Å²) >= 11 is 7.39. The van der Waals surface area contributed by atoms with E-state index in [0.29, 0.717) is 26.3 Å². The number of rotatable bonds is 4. The van der Waals surface area contributed by atoms with Gasteiger partial charge in [-0.05, 0) is 19.1 Å². The van der Waals surface area contributed by atoms with Gasteiger partial charge >= 0.3 is 6.03 Å². The molecule has 0 spiro atoms. The lowest BCUT2D eigenvalue weighted by Gasteiger charge is -2.33. The first kappa shape index (κ1) is 15.6. The van der Waals surface area contributed by atoms with Crippen molar-refractivity contribution in [1.82, 2.24) is 10.2 Å². The van der Waals surface area contributed by atoms with Gasteiger partial charge in [-0.3, -0.25) is 0 Å². The Morgan fingerprint density at radius 3 is 3.15 bits per heavy atom. The average molecular weight is 319 g/mol. The normalized spacial score (nSPS) is 20.8. The van der Waals surface area contributed by atoms with Gasteiger partial charge in [-0.25, -0.2) is 4.79 Å². The van der Waals surface area contributed by atoms with Crippen molar-refractivity contribution in [3.8, 4) is 0 Å². The number of carbonyl (C=O) groups is 1. The molecule has 2 heterocycles. The maximum Gasteiger partial charge on any atom is 0.318 e. The van der Waals surface area contributed by atoms with E-state index in [9.17, 15) is 4.79 Å². The monoisotopic (exact) mass is 318 g/mol. The van der Waals surface area contributed by atoms with Crippen LogP contribution in [0.1, 0.15) is 17.8 Å². The number of morpholine rings is 1. The topological polar surface area (TPSA) is 50.8 Å². The highest BCUT2D eigenvalue weighted by molar-refractivity contribution is 7.16. The van der Waals surface area contributed by atoms with Gasteiger partial charge in [-0.15, -0.1) is 11.3 Å². The summed E-state index contributed by atoms with van der Waals surface area (Å²) in [6.07, 6.45) is -0.0500. The van der Waals surface area contributed by atoms with E-state index in [1.807, 2.05) is 19.1 Å². The summed E-state index contributed by atoms with van der Waals surface area (Å²) in [5.41, 5.74) is 0. The Bertz CT molecular complexity index is 453. The zero-order valence-corrected chi connectivity index (χ0v) is 13.2. The van der Waals surface area contributed by atoms with Gasteiger partial charge in [0.15, 0.2) is 0 Å². The van der Waals surface area contributed by atoms with Gasteiger partial charge in [-0.1, -0.05) is 11.6 Å². The molecule has 1 aromatic heterocycles. The molecule has 112 valence electrons. The Labute approximate surface area is 127 Å². The molecule has 0 saturated carbocycles.